The van der Waals surface area contributed by atoms with E-state index >= 15 is 0 Å². The van der Waals surface area contributed by atoms with Gasteiger partial charge in [0.1, 0.15) is 0 Å². The Hall–Kier alpha value is -1.43. The molecule has 8 heteroatoms. The smallest absolute Gasteiger partial charge is 0.304 e. The number of H-pyrrole nitrogens is 1. The van der Waals surface area contributed by atoms with Gasteiger partial charge in [-0.2, -0.15) is 0 Å². The van der Waals surface area contributed by atoms with E-state index in [9.17, 15) is 4.79 Å². The molecule has 1 atom stereocenters. The zero-order valence-electron chi connectivity index (χ0n) is 10.3. The summed E-state index contributed by atoms with van der Waals surface area (Å²) in [5.74, 6) is 0.337. The van der Waals surface area contributed by atoms with Crippen LogP contribution in [0.3, 0.4) is 0 Å². The summed E-state index contributed by atoms with van der Waals surface area (Å²) in [4.78, 5) is 19.1. The molecule has 0 bridgehead atoms. The van der Waals surface area contributed by atoms with E-state index in [0.717, 1.165) is 25.9 Å². The van der Waals surface area contributed by atoms with Gasteiger partial charge in [-0.05, 0) is 25.0 Å². The van der Waals surface area contributed by atoms with E-state index in [2.05, 4.69) is 24.0 Å². The Morgan fingerprint density at radius 1 is 1.42 bits per heavy atom. The molecule has 0 spiro atoms. The van der Waals surface area contributed by atoms with Crippen molar-refractivity contribution in [3.63, 3.8) is 0 Å². The number of anilines is 1. The molecule has 3 heterocycles. The third-order valence-corrected chi connectivity index (χ3v) is 4.06. The molecular weight excluding hydrogens is 265 g/mol. The predicted octanol–water partition coefficient (Wildman–Crippen LogP) is 0.953. The van der Waals surface area contributed by atoms with Crippen molar-refractivity contribution in [3.05, 3.63) is 22.6 Å². The highest BCUT2D eigenvalue weighted by molar-refractivity contribution is 7.13. The summed E-state index contributed by atoms with van der Waals surface area (Å²) in [5, 5.41) is 8.92. The Morgan fingerprint density at radius 3 is 2.84 bits per heavy atom. The van der Waals surface area contributed by atoms with Crippen LogP contribution in [0.15, 0.2) is 16.9 Å². The first kappa shape index (κ1) is 12.6. The molecule has 3 rings (SSSR count). The van der Waals surface area contributed by atoms with Crippen molar-refractivity contribution in [1.82, 2.24) is 19.2 Å². The highest BCUT2D eigenvalue weighted by atomic mass is 31.0. The summed E-state index contributed by atoms with van der Waals surface area (Å²) in [6, 6.07) is 3.51. The molecule has 102 valence electrons. The van der Waals surface area contributed by atoms with E-state index in [1.54, 1.807) is 16.7 Å². The molecule has 0 saturated carbocycles. The lowest BCUT2D eigenvalue weighted by molar-refractivity contribution is 0.289. The number of nitrogens with zero attached hydrogens (tertiary/aromatic N) is 3. The van der Waals surface area contributed by atoms with Gasteiger partial charge in [0, 0.05) is 19.1 Å². The minimum absolute atomic E-state index is 0.139. The van der Waals surface area contributed by atoms with Gasteiger partial charge in [-0.25, -0.2) is 9.78 Å². The van der Waals surface area contributed by atoms with Crippen LogP contribution in [0.25, 0.3) is 11.2 Å². The van der Waals surface area contributed by atoms with E-state index in [-0.39, 0.29) is 11.7 Å². The first-order chi connectivity index (χ1) is 9.19. The van der Waals surface area contributed by atoms with Gasteiger partial charge >= 0.3 is 5.69 Å². The van der Waals surface area contributed by atoms with Gasteiger partial charge in [-0.3, -0.25) is 19.9 Å². The van der Waals surface area contributed by atoms with Crippen LogP contribution in [0.5, 0.6) is 0 Å². The average molecular weight is 281 g/mol. The van der Waals surface area contributed by atoms with Gasteiger partial charge in [0.2, 0.25) is 0 Å². The van der Waals surface area contributed by atoms with Crippen LogP contribution in [-0.4, -0.2) is 37.5 Å². The zero-order valence-corrected chi connectivity index (χ0v) is 11.5. The first-order valence-electron chi connectivity index (χ1n) is 6.20. The first-order valence-corrected chi connectivity index (χ1v) is 6.71. The second kappa shape index (κ2) is 4.92. The number of piperidine rings is 1. The number of aromatic nitrogens is 3. The minimum atomic E-state index is -0.139. The Bertz CT molecular complexity index is 644. The van der Waals surface area contributed by atoms with E-state index in [1.165, 1.54) is 0 Å². The summed E-state index contributed by atoms with van der Waals surface area (Å²) in [7, 11) is 2.69. The second-order valence-electron chi connectivity index (χ2n) is 4.75. The number of nitrogens with one attached hydrogen (secondary N) is 2. The summed E-state index contributed by atoms with van der Waals surface area (Å²) in [6.07, 6.45) is 1.82. The molecule has 0 aliphatic carbocycles. The van der Waals surface area contributed by atoms with Gasteiger partial charge in [0.05, 0.1) is 5.52 Å². The van der Waals surface area contributed by atoms with Crippen molar-refractivity contribution in [3.8, 4) is 0 Å². The SMILES string of the molecule is O=c1[nH]c2ccc(NO)nc2n1C1CCN(P)CC1. The molecule has 0 amide bonds. The Morgan fingerprint density at radius 2 is 2.16 bits per heavy atom. The topological polar surface area (TPSA) is 86.2 Å². The maximum absolute atomic E-state index is 12.1. The zero-order chi connectivity index (χ0) is 13.4. The number of fused-ring (bicyclic) bond motifs is 1. The van der Waals surface area contributed by atoms with Gasteiger partial charge < -0.3 is 4.98 Å². The minimum Gasteiger partial charge on any atom is -0.304 e. The molecule has 0 aromatic carbocycles. The second-order valence-corrected chi connectivity index (χ2v) is 5.48. The fourth-order valence-electron chi connectivity index (χ4n) is 2.55. The number of imidazole rings is 1. The van der Waals surface area contributed by atoms with Crippen LogP contribution in [0.1, 0.15) is 18.9 Å². The van der Waals surface area contributed by atoms with E-state index < -0.39 is 0 Å². The number of hydrogen-bond acceptors (Lipinski definition) is 5. The molecule has 1 saturated heterocycles. The molecule has 2 aromatic rings. The lowest BCUT2D eigenvalue weighted by Gasteiger charge is -2.29. The summed E-state index contributed by atoms with van der Waals surface area (Å²) < 4.78 is 3.87. The highest BCUT2D eigenvalue weighted by Crippen LogP contribution is 2.25. The molecule has 1 unspecified atom stereocenters. The van der Waals surface area contributed by atoms with Gasteiger partial charge in [-0.15, -0.1) is 0 Å². The number of hydrogen-bond donors (Lipinski definition) is 3. The van der Waals surface area contributed by atoms with Gasteiger partial charge in [0.25, 0.3) is 0 Å². The number of aromatic amines is 1. The molecule has 7 nitrogen and oxygen atoms in total. The van der Waals surface area contributed by atoms with Gasteiger partial charge in [0.15, 0.2) is 11.5 Å². The fourth-order valence-corrected chi connectivity index (χ4v) is 2.84. The summed E-state index contributed by atoms with van der Waals surface area (Å²) >= 11 is 0. The quantitative estimate of drug-likeness (QED) is 0.563. The van der Waals surface area contributed by atoms with E-state index in [4.69, 9.17) is 5.21 Å². The average Bonchev–Trinajstić information content (AvgIpc) is 2.75. The van der Waals surface area contributed by atoms with E-state index in [0.29, 0.717) is 17.0 Å². The normalized spacial score (nSPS) is 18.0. The lowest BCUT2D eigenvalue weighted by atomic mass is 10.1. The van der Waals surface area contributed by atoms with Crippen LogP contribution in [0.2, 0.25) is 0 Å². The van der Waals surface area contributed by atoms with Crippen LogP contribution in [0.4, 0.5) is 5.82 Å². The molecule has 0 radical (unpaired) electrons. The number of pyridine rings is 1. The summed E-state index contributed by atoms with van der Waals surface area (Å²) in [6.45, 7) is 1.87. The molecule has 1 aliphatic heterocycles. The third-order valence-electron chi connectivity index (χ3n) is 3.54. The van der Waals surface area contributed by atoms with Crippen molar-refractivity contribution < 1.29 is 5.21 Å². The molecule has 1 fully saturated rings. The van der Waals surface area contributed by atoms with Crippen LogP contribution < -0.4 is 11.2 Å². The largest absolute Gasteiger partial charge is 0.327 e. The number of rotatable bonds is 2. The Balaban J connectivity index is 2.06. The molecule has 19 heavy (non-hydrogen) atoms. The predicted molar refractivity (Wildman–Crippen MR) is 75.3 cm³/mol. The molecule has 2 aromatic heterocycles. The molecular formula is C11H16N5O2P. The monoisotopic (exact) mass is 281 g/mol. The maximum atomic E-state index is 12.1. The van der Waals surface area contributed by atoms with Crippen molar-refractivity contribution in [2.75, 3.05) is 18.6 Å². The third kappa shape index (κ3) is 2.25. The van der Waals surface area contributed by atoms with Crippen LogP contribution in [-0.2, 0) is 0 Å². The van der Waals surface area contributed by atoms with Crippen molar-refractivity contribution in [2.24, 2.45) is 0 Å². The maximum Gasteiger partial charge on any atom is 0.327 e. The van der Waals surface area contributed by atoms with Crippen LogP contribution in [0, 0.1) is 0 Å². The van der Waals surface area contributed by atoms with Crippen molar-refractivity contribution in [1.29, 1.82) is 0 Å². The van der Waals surface area contributed by atoms with Crippen molar-refractivity contribution in [2.45, 2.75) is 18.9 Å². The lowest BCUT2D eigenvalue weighted by Crippen LogP contribution is -2.32. The van der Waals surface area contributed by atoms with Gasteiger partial charge in [-0.1, -0.05) is 9.39 Å². The highest BCUT2D eigenvalue weighted by Gasteiger charge is 2.22. The summed E-state index contributed by atoms with van der Waals surface area (Å²) in [5.41, 5.74) is 3.16. The Kier molecular flexibility index (Phi) is 3.26. The van der Waals surface area contributed by atoms with Crippen LogP contribution >= 0.6 is 9.39 Å². The Labute approximate surface area is 111 Å². The molecule has 1 aliphatic rings. The van der Waals surface area contributed by atoms with E-state index in [1.807, 2.05) is 5.48 Å². The standard InChI is InChI=1S/C11H16N5O2P/c17-11-12-8-1-2-9(14-18)13-10(8)16(11)7-3-5-15(19)6-4-7/h1-2,7,18H,3-6,19H2,(H,12,17)(H,13,14). The molecule has 3 N–H and O–H groups in total. The fraction of sp³-hybridized carbons (Fsp3) is 0.455. The van der Waals surface area contributed by atoms with Crippen molar-refractivity contribution >= 4 is 26.4 Å².